The second kappa shape index (κ2) is 10.8. The first kappa shape index (κ1) is 11.7. The molecule has 0 saturated carbocycles. The maximum atomic E-state index is 3.67. The molecule has 0 aromatic heterocycles. The van der Waals surface area contributed by atoms with Crippen molar-refractivity contribution in [3.63, 3.8) is 0 Å². The summed E-state index contributed by atoms with van der Waals surface area (Å²) in [6.07, 6.45) is 7.70. The summed E-state index contributed by atoms with van der Waals surface area (Å²) in [5.41, 5.74) is 0. The van der Waals surface area contributed by atoms with Gasteiger partial charge in [-0.05, 0) is 12.2 Å². The van der Waals surface area contributed by atoms with Crippen LogP contribution in [0.25, 0.3) is 0 Å². The van der Waals surface area contributed by atoms with Gasteiger partial charge in [-0.3, -0.25) is 6.26 Å². The van der Waals surface area contributed by atoms with E-state index in [0.29, 0.717) is 0 Å². The van der Waals surface area contributed by atoms with Gasteiger partial charge in [0.2, 0.25) is 0 Å². The first-order valence-electron chi connectivity index (χ1n) is 2.78. The first-order valence-corrected chi connectivity index (χ1v) is 3.94. The molecule has 0 N–H and O–H groups in total. The Labute approximate surface area is 69.0 Å². The van der Waals surface area contributed by atoms with Crippen LogP contribution in [0, 0.1) is 6.26 Å². The van der Waals surface area contributed by atoms with E-state index in [1.165, 1.54) is 25.0 Å². The van der Waals surface area contributed by atoms with Crippen molar-refractivity contribution in [1.29, 1.82) is 0 Å². The third-order valence-electron chi connectivity index (χ3n) is 0.892. The second-order valence-electron chi connectivity index (χ2n) is 1.62. The van der Waals surface area contributed by atoms with Crippen LogP contribution >= 0.6 is 11.8 Å². The summed E-state index contributed by atoms with van der Waals surface area (Å²) < 4.78 is 0. The van der Waals surface area contributed by atoms with Gasteiger partial charge in [-0.1, -0.05) is 19.8 Å². The van der Waals surface area contributed by atoms with Crippen LogP contribution in [0.3, 0.4) is 0 Å². The molecule has 0 amide bonds. The van der Waals surface area contributed by atoms with Crippen molar-refractivity contribution in [3.8, 4) is 0 Å². The molecule has 0 aliphatic carbocycles. The molecule has 0 heterocycles. The molecule has 0 fully saturated rings. The molecular formula is C6H13LiS. The molecule has 8 heavy (non-hydrogen) atoms. The van der Waals surface area contributed by atoms with Crippen LogP contribution in [0.15, 0.2) is 0 Å². The molecule has 0 unspecified atom stereocenters. The molecule has 0 radical (unpaired) electrons. The van der Waals surface area contributed by atoms with Gasteiger partial charge >= 0.3 is 18.9 Å². The van der Waals surface area contributed by atoms with Crippen LogP contribution in [0.1, 0.15) is 26.2 Å². The molecule has 2 heteroatoms. The normalized spacial score (nSPS) is 8.25. The fourth-order valence-corrected chi connectivity index (χ4v) is 0.862. The molecule has 0 aliphatic rings. The summed E-state index contributed by atoms with van der Waals surface area (Å²) in [5.74, 6) is 1.23. The predicted molar refractivity (Wildman–Crippen MR) is 37.3 cm³/mol. The molecule has 0 atom stereocenters. The van der Waals surface area contributed by atoms with Gasteiger partial charge < -0.3 is 11.8 Å². The molecule has 0 rings (SSSR count). The number of hydrogen-bond donors (Lipinski definition) is 0. The number of thioether (sulfide) groups is 1. The second-order valence-corrected chi connectivity index (χ2v) is 2.43. The smallest absolute Gasteiger partial charge is 0.354 e. The standard InChI is InChI=1S/C6H13S.Li/c1-3-4-5-6-7-2;/h2-6H2,1H3;/q-1;+1. The molecule has 0 bridgehead atoms. The Morgan fingerprint density at radius 3 is 2.38 bits per heavy atom. The monoisotopic (exact) mass is 124 g/mol. The Hall–Kier alpha value is 0.947. The average Bonchev–Trinajstić information content (AvgIpc) is 1.69. The number of hydrogen-bond acceptors (Lipinski definition) is 1. The van der Waals surface area contributed by atoms with Crippen molar-refractivity contribution in [2.75, 3.05) is 5.75 Å². The SMILES string of the molecule is [CH2-]SCCCCC.[Li+]. The van der Waals surface area contributed by atoms with Crippen LogP contribution in [-0.2, 0) is 0 Å². The van der Waals surface area contributed by atoms with Crippen LogP contribution in [-0.4, -0.2) is 5.75 Å². The van der Waals surface area contributed by atoms with Crippen LogP contribution in [0.5, 0.6) is 0 Å². The molecular weight excluding hydrogens is 111 g/mol. The zero-order valence-corrected chi connectivity index (χ0v) is 6.76. The van der Waals surface area contributed by atoms with Crippen LogP contribution in [0.4, 0.5) is 0 Å². The third-order valence-corrected chi connectivity index (χ3v) is 1.47. The quantitative estimate of drug-likeness (QED) is 0.282. The fourth-order valence-electron chi connectivity index (χ4n) is 0.454. The molecule has 0 nitrogen and oxygen atoms in total. The van der Waals surface area contributed by atoms with Gasteiger partial charge in [0.05, 0.1) is 0 Å². The Morgan fingerprint density at radius 1 is 1.38 bits per heavy atom. The van der Waals surface area contributed by atoms with Gasteiger partial charge in [-0.25, -0.2) is 0 Å². The van der Waals surface area contributed by atoms with E-state index >= 15 is 0 Å². The Morgan fingerprint density at radius 2 is 2.00 bits per heavy atom. The van der Waals surface area contributed by atoms with E-state index in [4.69, 9.17) is 0 Å². The summed E-state index contributed by atoms with van der Waals surface area (Å²) in [6, 6.07) is 0. The average molecular weight is 124 g/mol. The van der Waals surface area contributed by atoms with Gasteiger partial charge in [0.15, 0.2) is 0 Å². The van der Waals surface area contributed by atoms with Crippen molar-refractivity contribution in [2.24, 2.45) is 0 Å². The van der Waals surface area contributed by atoms with E-state index in [1.54, 1.807) is 11.8 Å². The Balaban J connectivity index is 0. The van der Waals surface area contributed by atoms with Gasteiger partial charge in [-0.15, -0.1) is 0 Å². The van der Waals surface area contributed by atoms with Crippen LogP contribution in [0.2, 0.25) is 0 Å². The van der Waals surface area contributed by atoms with E-state index in [1.807, 2.05) is 0 Å². The Kier molecular flexibility index (Phi) is 15.9. The number of rotatable bonds is 4. The minimum Gasteiger partial charge on any atom is -0.354 e. The van der Waals surface area contributed by atoms with Crippen molar-refractivity contribution >= 4 is 11.8 Å². The van der Waals surface area contributed by atoms with Crippen molar-refractivity contribution in [3.05, 3.63) is 6.26 Å². The topological polar surface area (TPSA) is 0 Å². The predicted octanol–water partition coefficient (Wildman–Crippen LogP) is -0.295. The minimum absolute atomic E-state index is 0. The van der Waals surface area contributed by atoms with E-state index < -0.39 is 0 Å². The summed E-state index contributed by atoms with van der Waals surface area (Å²) in [4.78, 5) is 0. The van der Waals surface area contributed by atoms with Crippen molar-refractivity contribution in [1.82, 2.24) is 0 Å². The number of unbranched alkanes of at least 4 members (excludes halogenated alkanes) is 2. The zero-order valence-electron chi connectivity index (χ0n) is 5.94. The summed E-state index contributed by atoms with van der Waals surface area (Å²) in [7, 11) is 0. The first-order chi connectivity index (χ1) is 3.41. The molecule has 0 saturated heterocycles. The summed E-state index contributed by atoms with van der Waals surface area (Å²) >= 11 is 1.69. The van der Waals surface area contributed by atoms with E-state index in [-0.39, 0.29) is 18.9 Å². The van der Waals surface area contributed by atoms with Crippen molar-refractivity contribution < 1.29 is 18.9 Å². The maximum Gasteiger partial charge on any atom is 1.00 e. The fraction of sp³-hybridized carbons (Fsp3) is 0.833. The Bertz CT molecular complexity index is 27.7. The van der Waals surface area contributed by atoms with Gasteiger partial charge in [0.1, 0.15) is 0 Å². The van der Waals surface area contributed by atoms with Gasteiger partial charge in [0, 0.05) is 0 Å². The van der Waals surface area contributed by atoms with Crippen LogP contribution < -0.4 is 18.9 Å². The summed E-state index contributed by atoms with van der Waals surface area (Å²) in [6.45, 7) is 2.22. The van der Waals surface area contributed by atoms with E-state index in [9.17, 15) is 0 Å². The van der Waals surface area contributed by atoms with Gasteiger partial charge in [0.25, 0.3) is 0 Å². The van der Waals surface area contributed by atoms with Crippen molar-refractivity contribution in [2.45, 2.75) is 26.2 Å². The molecule has 0 aliphatic heterocycles. The molecule has 0 spiro atoms. The minimum atomic E-state index is 0. The van der Waals surface area contributed by atoms with Gasteiger partial charge in [-0.2, -0.15) is 0 Å². The zero-order chi connectivity index (χ0) is 5.54. The van der Waals surface area contributed by atoms with E-state index in [2.05, 4.69) is 13.2 Å². The summed E-state index contributed by atoms with van der Waals surface area (Å²) in [5, 5.41) is 0. The maximum absolute atomic E-state index is 3.67. The van der Waals surface area contributed by atoms with E-state index in [0.717, 1.165) is 0 Å². The molecule has 0 aromatic rings. The largest absolute Gasteiger partial charge is 1.00 e. The molecule has 44 valence electrons. The third kappa shape index (κ3) is 10.0. The molecule has 0 aromatic carbocycles.